The van der Waals surface area contributed by atoms with Crippen LogP contribution in [-0.2, 0) is 6.37 Å². The fourth-order valence-electron chi connectivity index (χ4n) is 0.355. The summed E-state index contributed by atoms with van der Waals surface area (Å²) >= 11 is 0. The molecule has 1 rings (SSSR count). The summed E-state index contributed by atoms with van der Waals surface area (Å²) in [7, 11) is 0. The van der Waals surface area contributed by atoms with Crippen molar-refractivity contribution in [3.63, 3.8) is 0 Å². The molecule has 1 nitrogen and oxygen atoms in total. The Morgan fingerprint density at radius 3 is 3.78 bits per heavy atom. The molecule has 0 bridgehead atoms. The minimum absolute atomic E-state index is 0.901. The van der Waals surface area contributed by atoms with Crippen LogP contribution in [0.15, 0.2) is 18.3 Å². The van der Waals surface area contributed by atoms with E-state index < -0.39 is 43.0 Å². The van der Waals surface area contributed by atoms with Gasteiger partial charge >= 0.3 is 0 Å². The maximum absolute atomic E-state index is 13.3. The second-order valence-electron chi connectivity index (χ2n) is 1.26. The molecule has 1 aromatic heterocycles. The zero-order valence-corrected chi connectivity index (χ0v) is 4.33. The molecule has 0 aliphatic heterocycles. The lowest BCUT2D eigenvalue weighted by molar-refractivity contribution is 0.622. The first-order valence-corrected chi connectivity index (χ1v) is 2.14. The molecule has 0 fully saturated rings. The van der Waals surface area contributed by atoms with Crippen LogP contribution >= 0.6 is 0 Å². The standard InChI is InChI=1S/C7H8FN/c1-2-7-5-6(8)3-4-9-7/h3-5H,2H2,1H3/i1D3,2D2,3D,4D,5D. The normalized spacial score (nSPS) is 25.4. The van der Waals surface area contributed by atoms with Crippen molar-refractivity contribution < 1.29 is 15.4 Å². The molecule has 0 amide bonds. The first-order chi connectivity index (χ1) is 7.50. The zero-order chi connectivity index (χ0) is 13.6. The largest absolute Gasteiger partial charge is 0.261 e. The van der Waals surface area contributed by atoms with Crippen LogP contribution in [0.25, 0.3) is 0 Å². The van der Waals surface area contributed by atoms with Crippen molar-refractivity contribution in [1.29, 1.82) is 0 Å². The van der Waals surface area contributed by atoms with Gasteiger partial charge in [0.1, 0.15) is 5.82 Å². The summed E-state index contributed by atoms with van der Waals surface area (Å²) in [5.74, 6) is -1.45. The topological polar surface area (TPSA) is 12.9 Å². The van der Waals surface area contributed by atoms with Crippen LogP contribution in [0.4, 0.5) is 4.39 Å². The van der Waals surface area contributed by atoms with Crippen LogP contribution in [-0.4, -0.2) is 4.98 Å². The molecular formula is C7H8FN. The Bertz CT molecular complexity index is 454. The Morgan fingerprint density at radius 2 is 3.00 bits per heavy atom. The molecule has 48 valence electrons. The van der Waals surface area contributed by atoms with Gasteiger partial charge in [0.05, 0.1) is 4.11 Å². The first kappa shape index (κ1) is 1.57. The van der Waals surface area contributed by atoms with Gasteiger partial charge in [0.15, 0.2) is 0 Å². The highest BCUT2D eigenvalue weighted by molar-refractivity contribution is 5.05. The summed E-state index contributed by atoms with van der Waals surface area (Å²) in [5, 5.41) is 0. The van der Waals surface area contributed by atoms with E-state index in [0.29, 0.717) is 0 Å². The summed E-state index contributed by atoms with van der Waals surface area (Å²) in [4.78, 5) is 3.19. The summed E-state index contributed by atoms with van der Waals surface area (Å²) in [6, 6.07) is -2.06. The third kappa shape index (κ3) is 1.49. The molecule has 9 heavy (non-hydrogen) atoms. The first-order valence-electron chi connectivity index (χ1n) is 6.14. The highest BCUT2D eigenvalue weighted by atomic mass is 19.1. The lowest BCUT2D eigenvalue weighted by Crippen LogP contribution is -1.85. The van der Waals surface area contributed by atoms with Crippen molar-refractivity contribution >= 4 is 0 Å². The summed E-state index contributed by atoms with van der Waals surface area (Å²) in [6.07, 6.45) is -3.95. The van der Waals surface area contributed by atoms with Crippen molar-refractivity contribution in [1.82, 2.24) is 4.98 Å². The van der Waals surface area contributed by atoms with Crippen LogP contribution in [0.1, 0.15) is 23.5 Å². The van der Waals surface area contributed by atoms with E-state index in [1.54, 1.807) is 0 Å². The zero-order valence-electron chi connectivity index (χ0n) is 12.3. The number of hydrogen-bond acceptors (Lipinski definition) is 1. The van der Waals surface area contributed by atoms with Gasteiger partial charge in [-0.2, -0.15) is 0 Å². The molecule has 0 N–H and O–H groups in total. The van der Waals surface area contributed by atoms with Gasteiger partial charge in [-0.3, -0.25) is 4.98 Å². The van der Waals surface area contributed by atoms with Gasteiger partial charge in [0, 0.05) is 18.7 Å². The summed E-state index contributed by atoms with van der Waals surface area (Å²) < 4.78 is 70.2. The van der Waals surface area contributed by atoms with Crippen molar-refractivity contribution in [3.05, 3.63) is 29.8 Å². The molecule has 0 saturated heterocycles. The van der Waals surface area contributed by atoms with Crippen LogP contribution in [0, 0.1) is 5.82 Å². The Kier molecular flexibility index (Phi) is 0.448. The van der Waals surface area contributed by atoms with Crippen molar-refractivity contribution in [2.24, 2.45) is 0 Å². The average molecular weight is 133 g/mol. The number of pyridine rings is 1. The van der Waals surface area contributed by atoms with Crippen molar-refractivity contribution in [3.8, 4) is 0 Å². The van der Waals surface area contributed by atoms with Gasteiger partial charge in [-0.1, -0.05) is 6.85 Å². The molecule has 0 atom stereocenters. The van der Waals surface area contributed by atoms with Gasteiger partial charge in [-0.25, -0.2) is 4.39 Å². The van der Waals surface area contributed by atoms with Crippen LogP contribution in [0.5, 0.6) is 0 Å². The second-order valence-corrected chi connectivity index (χ2v) is 1.26. The Balaban J connectivity index is 3.54. The third-order valence-corrected chi connectivity index (χ3v) is 0.680. The molecule has 0 saturated carbocycles. The van der Waals surface area contributed by atoms with E-state index >= 15 is 0 Å². The monoisotopic (exact) mass is 133 g/mol. The molecule has 0 spiro atoms. The molecule has 0 aromatic carbocycles. The smallest absolute Gasteiger partial charge is 0.126 e. The fourth-order valence-corrected chi connectivity index (χ4v) is 0.355. The SMILES string of the molecule is [2H]c1nc(C([2H])([2H])C([2H])([2H])[2H])c([2H])c(F)c1[2H]. The minimum atomic E-state index is -3.14. The molecular weight excluding hydrogens is 117 g/mol. The fraction of sp³-hybridized carbons (Fsp3) is 0.286. The molecule has 1 aromatic rings. The summed E-state index contributed by atoms with van der Waals surface area (Å²) in [6.45, 7) is -3.14. The number of aryl methyl sites for hydroxylation is 1. The lowest BCUT2D eigenvalue weighted by atomic mass is 10.3. The van der Waals surface area contributed by atoms with Crippen LogP contribution in [0.2, 0.25) is 0 Å². The van der Waals surface area contributed by atoms with E-state index in [0.717, 1.165) is 0 Å². The third-order valence-electron chi connectivity index (χ3n) is 0.680. The van der Waals surface area contributed by atoms with E-state index in [2.05, 4.69) is 4.98 Å². The van der Waals surface area contributed by atoms with Gasteiger partial charge in [0.25, 0.3) is 0 Å². The maximum Gasteiger partial charge on any atom is 0.126 e. The molecule has 0 aliphatic rings. The van der Waals surface area contributed by atoms with Gasteiger partial charge in [-0.15, -0.1) is 0 Å². The number of rotatable bonds is 1. The quantitative estimate of drug-likeness (QED) is 0.569. The van der Waals surface area contributed by atoms with Gasteiger partial charge in [-0.05, 0) is 18.5 Å². The Hall–Kier alpha value is -0.920. The highest BCUT2D eigenvalue weighted by Crippen LogP contribution is 1.98. The van der Waals surface area contributed by atoms with E-state index in [9.17, 15) is 4.39 Å². The maximum atomic E-state index is 13.3. The molecule has 1 heterocycles. The average Bonchev–Trinajstić information content (AvgIpc) is 2.18. The number of halogens is 1. The molecule has 2 heteroatoms. The minimum Gasteiger partial charge on any atom is -0.261 e. The predicted octanol–water partition coefficient (Wildman–Crippen LogP) is 1.78. The Morgan fingerprint density at radius 1 is 2.11 bits per heavy atom. The molecule has 0 unspecified atom stereocenters. The summed E-state index contributed by atoms with van der Waals surface area (Å²) in [5.41, 5.74) is -0.990. The predicted molar refractivity (Wildman–Crippen MR) is 33.6 cm³/mol. The van der Waals surface area contributed by atoms with Crippen molar-refractivity contribution in [2.45, 2.75) is 13.2 Å². The van der Waals surface area contributed by atoms with Crippen molar-refractivity contribution in [2.75, 3.05) is 0 Å². The molecule has 0 radical (unpaired) electrons. The van der Waals surface area contributed by atoms with Gasteiger partial charge < -0.3 is 0 Å². The van der Waals surface area contributed by atoms with E-state index in [1.165, 1.54) is 0 Å². The van der Waals surface area contributed by atoms with Crippen LogP contribution < -0.4 is 0 Å². The lowest BCUT2D eigenvalue weighted by Gasteiger charge is -1.91. The van der Waals surface area contributed by atoms with Gasteiger partial charge in [0.2, 0.25) is 0 Å². The Labute approximate surface area is 64.8 Å². The highest BCUT2D eigenvalue weighted by Gasteiger charge is 1.90. The number of aromatic nitrogens is 1. The number of hydrogen-bond donors (Lipinski definition) is 0. The van der Waals surface area contributed by atoms with E-state index in [-0.39, 0.29) is 0 Å². The second kappa shape index (κ2) is 2.58. The molecule has 0 aliphatic carbocycles. The van der Waals surface area contributed by atoms with E-state index in [1.807, 2.05) is 0 Å². The van der Waals surface area contributed by atoms with Crippen LogP contribution in [0.3, 0.4) is 0 Å². The number of nitrogens with zero attached hydrogens (tertiary/aromatic N) is 1. The van der Waals surface area contributed by atoms with E-state index in [4.69, 9.17) is 11.0 Å².